The van der Waals surface area contributed by atoms with Gasteiger partial charge in [0.2, 0.25) is 0 Å². The van der Waals surface area contributed by atoms with Gasteiger partial charge in [-0.15, -0.1) is 0 Å². The van der Waals surface area contributed by atoms with Crippen molar-refractivity contribution in [3.63, 3.8) is 0 Å². The summed E-state index contributed by atoms with van der Waals surface area (Å²) in [5, 5.41) is 10.7. The fraction of sp³-hybridized carbons (Fsp3) is 0.750. The van der Waals surface area contributed by atoms with Crippen molar-refractivity contribution in [2.24, 2.45) is 5.41 Å². The van der Waals surface area contributed by atoms with Gasteiger partial charge in [0.05, 0.1) is 18.4 Å². The molecule has 0 aromatic carbocycles. The number of aliphatic carboxylic acids is 1. The van der Waals surface area contributed by atoms with E-state index >= 15 is 0 Å². The van der Waals surface area contributed by atoms with E-state index in [0.717, 1.165) is 0 Å². The quantitative estimate of drug-likeness (QED) is 0.509. The molecule has 0 spiro atoms. The molecule has 0 aromatic heterocycles. The summed E-state index contributed by atoms with van der Waals surface area (Å²) in [5.74, 6) is -1.36. The van der Waals surface area contributed by atoms with Crippen LogP contribution in [0.25, 0.3) is 0 Å². The van der Waals surface area contributed by atoms with Crippen molar-refractivity contribution in [1.82, 2.24) is 5.32 Å². The monoisotopic (exact) mass is 275 g/mol. The fourth-order valence-corrected chi connectivity index (χ4v) is 0.919. The van der Waals surface area contributed by atoms with Gasteiger partial charge in [0.25, 0.3) is 0 Å². The molecule has 2 N–H and O–H groups in total. The van der Waals surface area contributed by atoms with Crippen LogP contribution in [0.3, 0.4) is 0 Å². The summed E-state index contributed by atoms with van der Waals surface area (Å²) in [4.78, 5) is 32.8. The average Bonchev–Trinajstić information content (AvgIpc) is 2.33. The van der Waals surface area contributed by atoms with Gasteiger partial charge >= 0.3 is 18.0 Å². The predicted molar refractivity (Wildman–Crippen MR) is 66.6 cm³/mol. The molecule has 7 heteroatoms. The molecule has 1 amide bonds. The van der Waals surface area contributed by atoms with Crippen LogP contribution < -0.4 is 5.32 Å². The third-order valence-corrected chi connectivity index (χ3v) is 2.59. The molecule has 0 bridgehead atoms. The lowest BCUT2D eigenvalue weighted by molar-refractivity contribution is -0.154. The minimum absolute atomic E-state index is 0.0519. The number of rotatable bonds is 8. The van der Waals surface area contributed by atoms with Crippen molar-refractivity contribution < 1.29 is 29.0 Å². The number of nitrogens with one attached hydrogen (secondary N) is 1. The Balaban J connectivity index is 3.67. The molecule has 0 fully saturated rings. The lowest BCUT2D eigenvalue weighted by Crippen LogP contribution is -2.32. The van der Waals surface area contributed by atoms with Crippen LogP contribution in [0.15, 0.2) is 0 Å². The summed E-state index contributed by atoms with van der Waals surface area (Å²) >= 11 is 0. The van der Waals surface area contributed by atoms with Crippen molar-refractivity contribution in [1.29, 1.82) is 0 Å². The minimum atomic E-state index is -1.04. The van der Waals surface area contributed by atoms with Crippen molar-refractivity contribution in [2.75, 3.05) is 19.8 Å². The Morgan fingerprint density at radius 3 is 2.32 bits per heavy atom. The molecule has 0 radical (unpaired) electrons. The number of carbonyl (C=O) groups is 3. The fourth-order valence-electron chi connectivity index (χ4n) is 0.919. The zero-order valence-corrected chi connectivity index (χ0v) is 11.5. The Morgan fingerprint density at radius 1 is 1.16 bits per heavy atom. The van der Waals surface area contributed by atoms with Crippen molar-refractivity contribution in [3.8, 4) is 0 Å². The van der Waals surface area contributed by atoms with Crippen molar-refractivity contribution >= 4 is 18.0 Å². The summed E-state index contributed by atoms with van der Waals surface area (Å²) in [6.07, 6.45) is -0.309. The number of ether oxygens (including phenoxy) is 2. The Morgan fingerprint density at radius 2 is 1.79 bits per heavy atom. The number of carboxylic acids is 1. The van der Waals surface area contributed by atoms with Gasteiger partial charge < -0.3 is 19.9 Å². The first-order chi connectivity index (χ1) is 8.79. The van der Waals surface area contributed by atoms with Gasteiger partial charge in [-0.3, -0.25) is 9.59 Å². The molecule has 0 aromatic rings. The SMILES string of the molecule is CCC(C)(C)C(=O)OCCNC(=O)OCCC(=O)O. The molecular weight excluding hydrogens is 254 g/mol. The number of hydrogen-bond acceptors (Lipinski definition) is 5. The molecule has 19 heavy (non-hydrogen) atoms. The molecule has 0 rings (SSSR count). The van der Waals surface area contributed by atoms with Gasteiger partial charge in [0.15, 0.2) is 0 Å². The topological polar surface area (TPSA) is 102 Å². The molecule has 0 unspecified atom stereocenters. The van der Waals surface area contributed by atoms with E-state index < -0.39 is 17.5 Å². The molecule has 0 atom stereocenters. The third-order valence-electron chi connectivity index (χ3n) is 2.59. The van der Waals surface area contributed by atoms with E-state index in [0.29, 0.717) is 6.42 Å². The van der Waals surface area contributed by atoms with E-state index in [4.69, 9.17) is 9.84 Å². The van der Waals surface area contributed by atoms with Crippen LogP contribution in [0.2, 0.25) is 0 Å². The molecule has 7 nitrogen and oxygen atoms in total. The van der Waals surface area contributed by atoms with E-state index in [1.807, 2.05) is 6.92 Å². The van der Waals surface area contributed by atoms with Crippen LogP contribution in [0.5, 0.6) is 0 Å². The first-order valence-corrected chi connectivity index (χ1v) is 6.09. The highest BCUT2D eigenvalue weighted by Crippen LogP contribution is 2.21. The maximum absolute atomic E-state index is 11.6. The molecule has 0 aliphatic rings. The van der Waals surface area contributed by atoms with E-state index in [-0.39, 0.29) is 32.1 Å². The van der Waals surface area contributed by atoms with Gasteiger partial charge in [-0.25, -0.2) is 4.79 Å². The lowest BCUT2D eigenvalue weighted by atomic mass is 9.91. The smallest absolute Gasteiger partial charge is 0.407 e. The number of hydrogen-bond donors (Lipinski definition) is 2. The highest BCUT2D eigenvalue weighted by molar-refractivity contribution is 5.75. The average molecular weight is 275 g/mol. The van der Waals surface area contributed by atoms with Crippen LogP contribution in [-0.4, -0.2) is 42.9 Å². The minimum Gasteiger partial charge on any atom is -0.481 e. The number of carbonyl (C=O) groups excluding carboxylic acids is 2. The molecule has 0 aliphatic heterocycles. The van der Waals surface area contributed by atoms with Crippen LogP contribution in [0.1, 0.15) is 33.6 Å². The van der Waals surface area contributed by atoms with Crippen molar-refractivity contribution in [3.05, 3.63) is 0 Å². The summed E-state index contributed by atoms with van der Waals surface area (Å²) < 4.78 is 9.56. The Bertz CT molecular complexity index is 326. The largest absolute Gasteiger partial charge is 0.481 e. The third kappa shape index (κ3) is 8.01. The molecule has 110 valence electrons. The second kappa shape index (κ2) is 8.34. The summed E-state index contributed by atoms with van der Waals surface area (Å²) in [6.45, 7) is 5.43. The highest BCUT2D eigenvalue weighted by atomic mass is 16.6. The van der Waals surface area contributed by atoms with E-state index in [9.17, 15) is 14.4 Å². The number of amides is 1. The zero-order valence-electron chi connectivity index (χ0n) is 11.5. The highest BCUT2D eigenvalue weighted by Gasteiger charge is 2.26. The van der Waals surface area contributed by atoms with E-state index in [1.165, 1.54) is 0 Å². The van der Waals surface area contributed by atoms with Crippen molar-refractivity contribution in [2.45, 2.75) is 33.6 Å². The Kier molecular flexibility index (Phi) is 7.55. The molecule has 0 saturated heterocycles. The molecule has 0 aliphatic carbocycles. The number of esters is 1. The van der Waals surface area contributed by atoms with Gasteiger partial charge in [-0.2, -0.15) is 0 Å². The maximum atomic E-state index is 11.6. The summed E-state index contributed by atoms with van der Waals surface area (Å²) in [5.41, 5.74) is -0.540. The number of alkyl carbamates (subject to hydrolysis) is 1. The molecule has 0 saturated carbocycles. The van der Waals surface area contributed by atoms with Crippen LogP contribution >= 0.6 is 0 Å². The Hall–Kier alpha value is -1.79. The van der Waals surface area contributed by atoms with E-state index in [2.05, 4.69) is 10.1 Å². The maximum Gasteiger partial charge on any atom is 0.407 e. The van der Waals surface area contributed by atoms with Crippen LogP contribution in [-0.2, 0) is 19.1 Å². The van der Waals surface area contributed by atoms with Gasteiger partial charge in [-0.1, -0.05) is 6.92 Å². The zero-order chi connectivity index (χ0) is 14.9. The Labute approximate surface area is 112 Å². The standard InChI is InChI=1S/C12H21NO6/c1-4-12(2,3)10(16)18-8-6-13-11(17)19-7-5-9(14)15/h4-8H2,1-3H3,(H,13,17)(H,14,15). The number of carboxylic acid groups (broad SMARTS) is 1. The summed E-state index contributed by atoms with van der Waals surface area (Å²) in [6, 6.07) is 0. The van der Waals surface area contributed by atoms with E-state index in [1.54, 1.807) is 13.8 Å². The van der Waals surface area contributed by atoms with Gasteiger partial charge in [0, 0.05) is 0 Å². The molecular formula is C12H21NO6. The second-order valence-corrected chi connectivity index (χ2v) is 4.58. The van der Waals surface area contributed by atoms with Gasteiger partial charge in [0.1, 0.15) is 13.2 Å². The lowest BCUT2D eigenvalue weighted by Gasteiger charge is -2.20. The first kappa shape index (κ1) is 17.2. The normalized spacial score (nSPS) is 10.7. The molecule has 0 heterocycles. The van der Waals surface area contributed by atoms with Gasteiger partial charge in [-0.05, 0) is 20.3 Å². The summed E-state index contributed by atoms with van der Waals surface area (Å²) in [7, 11) is 0. The second-order valence-electron chi connectivity index (χ2n) is 4.58. The van der Waals surface area contributed by atoms with Crippen LogP contribution in [0.4, 0.5) is 4.79 Å². The van der Waals surface area contributed by atoms with Crippen LogP contribution in [0, 0.1) is 5.41 Å². The predicted octanol–water partition coefficient (Wildman–Crippen LogP) is 1.17. The first-order valence-electron chi connectivity index (χ1n) is 6.09.